The van der Waals surface area contributed by atoms with Crippen LogP contribution in [0, 0.1) is 0 Å². The summed E-state index contributed by atoms with van der Waals surface area (Å²) in [4.78, 5) is 13.4. The number of hydrogen-bond acceptors (Lipinski definition) is 3. The normalized spacial score (nSPS) is 20.3. The molecule has 2 rings (SSSR count). The fourth-order valence-electron chi connectivity index (χ4n) is 1.85. The fourth-order valence-corrected chi connectivity index (χ4v) is 2.42. The molecule has 0 aromatic heterocycles. The minimum atomic E-state index is -1.56. The summed E-state index contributed by atoms with van der Waals surface area (Å²) in [5.74, 6) is -0.00465. The zero-order chi connectivity index (χ0) is 11.7. The monoisotopic (exact) mass is 283 g/mol. The summed E-state index contributed by atoms with van der Waals surface area (Å²) in [6, 6.07) is 6.81. The van der Waals surface area contributed by atoms with Gasteiger partial charge in [-0.15, -0.1) is 0 Å². The van der Waals surface area contributed by atoms with Gasteiger partial charge in [0.15, 0.2) is 0 Å². The van der Waals surface area contributed by atoms with Crippen molar-refractivity contribution in [2.24, 2.45) is 0 Å². The van der Waals surface area contributed by atoms with Crippen LogP contribution in [0.5, 0.6) is 0 Å². The molecule has 1 unspecified atom stereocenters. The van der Waals surface area contributed by atoms with E-state index in [-0.39, 0.29) is 10.7 Å². The molecule has 6 heteroatoms. The van der Waals surface area contributed by atoms with Crippen molar-refractivity contribution >= 4 is 40.1 Å². The van der Waals surface area contributed by atoms with E-state index in [4.69, 9.17) is 0 Å². The van der Waals surface area contributed by atoms with Gasteiger partial charge >= 0.3 is 7.12 Å². The highest BCUT2D eigenvalue weighted by atomic mass is 79.9. The van der Waals surface area contributed by atoms with Gasteiger partial charge in [-0.1, -0.05) is 34.1 Å². The summed E-state index contributed by atoms with van der Waals surface area (Å²) in [7, 11) is -1.56. The number of alkyl halides is 1. The van der Waals surface area contributed by atoms with Crippen LogP contribution in [0.2, 0.25) is 0 Å². The molecular formula is C10H11BBrNO3. The van der Waals surface area contributed by atoms with E-state index < -0.39 is 7.12 Å². The minimum absolute atomic E-state index is 0.00465. The van der Waals surface area contributed by atoms with Crippen molar-refractivity contribution in [2.45, 2.75) is 11.2 Å². The van der Waals surface area contributed by atoms with Gasteiger partial charge in [-0.05, 0) is 6.07 Å². The fraction of sp³-hybridized carbons (Fsp3) is 0.300. The van der Waals surface area contributed by atoms with Crippen LogP contribution in [0.1, 0.15) is 6.42 Å². The second-order valence-electron chi connectivity index (χ2n) is 3.74. The zero-order valence-electron chi connectivity index (χ0n) is 8.51. The number of halogens is 1. The van der Waals surface area contributed by atoms with E-state index in [1.165, 1.54) is 0 Å². The minimum Gasteiger partial charge on any atom is -0.423 e. The lowest BCUT2D eigenvalue weighted by atomic mass is 9.79. The Hall–Kier alpha value is -0.845. The van der Waals surface area contributed by atoms with Crippen LogP contribution in [0.15, 0.2) is 24.3 Å². The second-order valence-corrected chi connectivity index (χ2v) is 5.03. The standard InChI is InChI=1S/C10H11BBrNO3/c12-7-5-10(14)13(6-7)9-4-2-1-3-8(9)11(15)16/h1-4,7,15-16H,5-6H2. The number of carbonyl (C=O) groups excluding carboxylic acids is 1. The van der Waals surface area contributed by atoms with E-state index in [0.29, 0.717) is 24.1 Å². The predicted octanol–water partition coefficient (Wildman–Crippen LogP) is -0.133. The highest BCUT2D eigenvalue weighted by Gasteiger charge is 2.31. The molecule has 4 nitrogen and oxygen atoms in total. The second kappa shape index (κ2) is 4.57. The van der Waals surface area contributed by atoms with Gasteiger partial charge in [-0.2, -0.15) is 0 Å². The van der Waals surface area contributed by atoms with Gasteiger partial charge in [0, 0.05) is 28.9 Å². The van der Waals surface area contributed by atoms with Crippen molar-refractivity contribution in [1.82, 2.24) is 0 Å². The molecule has 1 aromatic carbocycles. The maximum atomic E-state index is 11.7. The summed E-state index contributed by atoms with van der Waals surface area (Å²) in [6.45, 7) is 0.558. The Bertz CT molecular complexity index is 413. The van der Waals surface area contributed by atoms with Crippen LogP contribution in [-0.4, -0.2) is 34.4 Å². The van der Waals surface area contributed by atoms with Crippen LogP contribution in [-0.2, 0) is 4.79 Å². The van der Waals surface area contributed by atoms with Gasteiger partial charge < -0.3 is 14.9 Å². The number of hydrogen-bond donors (Lipinski definition) is 2. The Labute approximate surface area is 102 Å². The molecule has 1 atom stereocenters. The third-order valence-electron chi connectivity index (χ3n) is 2.58. The third kappa shape index (κ3) is 2.14. The predicted molar refractivity (Wildman–Crippen MR) is 66.0 cm³/mol. The van der Waals surface area contributed by atoms with E-state index in [9.17, 15) is 14.8 Å². The van der Waals surface area contributed by atoms with Gasteiger partial charge in [0.2, 0.25) is 5.91 Å². The molecule has 1 aromatic rings. The third-order valence-corrected chi connectivity index (χ3v) is 3.20. The number of amides is 1. The van der Waals surface area contributed by atoms with Crippen LogP contribution < -0.4 is 10.4 Å². The molecule has 0 aliphatic carbocycles. The Kier molecular flexibility index (Phi) is 3.32. The van der Waals surface area contributed by atoms with E-state index in [2.05, 4.69) is 15.9 Å². The molecule has 1 aliphatic heterocycles. The molecular weight excluding hydrogens is 273 g/mol. The molecule has 0 spiro atoms. The highest BCUT2D eigenvalue weighted by Crippen LogP contribution is 2.23. The summed E-state index contributed by atoms with van der Waals surface area (Å²) in [6.07, 6.45) is 0.440. The summed E-state index contributed by atoms with van der Waals surface area (Å²) < 4.78 is 0. The summed E-state index contributed by atoms with van der Waals surface area (Å²) in [5, 5.41) is 18.4. The molecule has 16 heavy (non-hydrogen) atoms. The largest absolute Gasteiger partial charge is 0.490 e. The van der Waals surface area contributed by atoms with Crippen LogP contribution in [0.3, 0.4) is 0 Å². The molecule has 0 bridgehead atoms. The first-order valence-corrected chi connectivity index (χ1v) is 5.90. The molecule has 84 valence electrons. The van der Waals surface area contributed by atoms with Gasteiger partial charge in [0.25, 0.3) is 0 Å². The van der Waals surface area contributed by atoms with Crippen molar-refractivity contribution in [3.05, 3.63) is 24.3 Å². The van der Waals surface area contributed by atoms with E-state index in [1.54, 1.807) is 29.2 Å². The number of anilines is 1. The lowest BCUT2D eigenvalue weighted by molar-refractivity contribution is -0.117. The Morgan fingerprint density at radius 1 is 1.38 bits per heavy atom. The van der Waals surface area contributed by atoms with Crippen molar-refractivity contribution < 1.29 is 14.8 Å². The Balaban J connectivity index is 2.36. The lowest BCUT2D eigenvalue weighted by Gasteiger charge is -2.19. The van der Waals surface area contributed by atoms with Crippen molar-refractivity contribution in [3.63, 3.8) is 0 Å². The van der Waals surface area contributed by atoms with Crippen molar-refractivity contribution in [2.75, 3.05) is 11.4 Å². The SMILES string of the molecule is O=C1CC(Br)CN1c1ccccc1B(O)O. The summed E-state index contributed by atoms with van der Waals surface area (Å²) in [5.41, 5.74) is 0.932. The molecule has 0 radical (unpaired) electrons. The Morgan fingerprint density at radius 3 is 2.62 bits per heavy atom. The molecule has 1 saturated heterocycles. The Morgan fingerprint density at radius 2 is 2.06 bits per heavy atom. The number of benzene rings is 1. The number of para-hydroxylation sites is 1. The molecule has 2 N–H and O–H groups in total. The molecule has 1 amide bonds. The van der Waals surface area contributed by atoms with Crippen molar-refractivity contribution in [1.29, 1.82) is 0 Å². The van der Waals surface area contributed by atoms with Gasteiger partial charge in [0.05, 0.1) is 0 Å². The quantitative estimate of drug-likeness (QED) is 0.587. The molecule has 1 fully saturated rings. The number of carbonyl (C=O) groups is 1. The first kappa shape index (κ1) is 11.6. The topological polar surface area (TPSA) is 60.8 Å². The molecule has 0 saturated carbocycles. The van der Waals surface area contributed by atoms with E-state index >= 15 is 0 Å². The maximum Gasteiger partial charge on any atom is 0.490 e. The van der Waals surface area contributed by atoms with E-state index in [1.807, 2.05) is 0 Å². The molecule has 1 aliphatic rings. The average Bonchev–Trinajstić information content (AvgIpc) is 2.57. The van der Waals surface area contributed by atoms with Crippen LogP contribution in [0.25, 0.3) is 0 Å². The van der Waals surface area contributed by atoms with Crippen LogP contribution >= 0.6 is 15.9 Å². The highest BCUT2D eigenvalue weighted by molar-refractivity contribution is 9.09. The van der Waals surface area contributed by atoms with E-state index in [0.717, 1.165) is 0 Å². The number of rotatable bonds is 2. The van der Waals surface area contributed by atoms with Crippen molar-refractivity contribution in [3.8, 4) is 0 Å². The maximum absolute atomic E-state index is 11.7. The smallest absolute Gasteiger partial charge is 0.423 e. The van der Waals surface area contributed by atoms with Crippen LogP contribution in [0.4, 0.5) is 5.69 Å². The van der Waals surface area contributed by atoms with Gasteiger partial charge in [-0.25, -0.2) is 0 Å². The zero-order valence-corrected chi connectivity index (χ0v) is 10.1. The lowest BCUT2D eigenvalue weighted by Crippen LogP contribution is -2.37. The average molecular weight is 284 g/mol. The summed E-state index contributed by atoms with van der Waals surface area (Å²) >= 11 is 3.39. The molecule has 1 heterocycles. The number of nitrogens with zero attached hydrogens (tertiary/aromatic N) is 1. The van der Waals surface area contributed by atoms with Gasteiger partial charge in [-0.3, -0.25) is 4.79 Å². The first-order chi connectivity index (χ1) is 7.59. The first-order valence-electron chi connectivity index (χ1n) is 4.99. The van der Waals surface area contributed by atoms with Gasteiger partial charge in [0.1, 0.15) is 0 Å².